The van der Waals surface area contributed by atoms with E-state index in [-0.39, 0.29) is 23.8 Å². The van der Waals surface area contributed by atoms with E-state index in [9.17, 15) is 9.59 Å². The van der Waals surface area contributed by atoms with Gasteiger partial charge in [0.2, 0.25) is 11.8 Å². The Hall–Kier alpha value is -1.36. The molecule has 0 heterocycles. The lowest BCUT2D eigenvalue weighted by Gasteiger charge is -2.15. The molecule has 0 spiro atoms. The second kappa shape index (κ2) is 4.93. The predicted molar refractivity (Wildman–Crippen MR) is 56.9 cm³/mol. The SMILES string of the molecule is CNC(=O)C(C)NC(=O)C1C=CC(N)C1. The molecule has 0 aromatic carbocycles. The van der Waals surface area contributed by atoms with Crippen LogP contribution in [0.1, 0.15) is 13.3 Å². The van der Waals surface area contributed by atoms with E-state index in [0.717, 1.165) is 0 Å². The van der Waals surface area contributed by atoms with Crippen LogP contribution in [0.4, 0.5) is 0 Å². The first-order valence-electron chi connectivity index (χ1n) is 5.00. The maximum atomic E-state index is 11.6. The predicted octanol–water partition coefficient (Wildman–Crippen LogP) is -0.859. The Labute approximate surface area is 89.1 Å². The molecule has 3 atom stereocenters. The third-order valence-corrected chi connectivity index (χ3v) is 2.45. The van der Waals surface area contributed by atoms with Crippen molar-refractivity contribution >= 4 is 11.8 Å². The van der Waals surface area contributed by atoms with Crippen LogP contribution in [0.15, 0.2) is 12.2 Å². The number of carbonyl (C=O) groups is 2. The van der Waals surface area contributed by atoms with Gasteiger partial charge in [-0.05, 0) is 13.3 Å². The molecule has 15 heavy (non-hydrogen) atoms. The van der Waals surface area contributed by atoms with Crippen LogP contribution in [-0.2, 0) is 9.59 Å². The zero-order valence-corrected chi connectivity index (χ0v) is 8.99. The third kappa shape index (κ3) is 3.06. The summed E-state index contributed by atoms with van der Waals surface area (Å²) in [5.41, 5.74) is 5.63. The molecule has 1 aliphatic carbocycles. The van der Waals surface area contributed by atoms with Crippen molar-refractivity contribution in [3.63, 3.8) is 0 Å². The molecule has 0 saturated heterocycles. The molecule has 1 rings (SSSR count). The van der Waals surface area contributed by atoms with Gasteiger partial charge in [-0.2, -0.15) is 0 Å². The van der Waals surface area contributed by atoms with E-state index in [1.165, 1.54) is 7.05 Å². The fourth-order valence-electron chi connectivity index (χ4n) is 1.52. The monoisotopic (exact) mass is 211 g/mol. The minimum Gasteiger partial charge on any atom is -0.357 e. The molecule has 0 bridgehead atoms. The first-order valence-corrected chi connectivity index (χ1v) is 5.00. The third-order valence-electron chi connectivity index (χ3n) is 2.45. The largest absolute Gasteiger partial charge is 0.357 e. The van der Waals surface area contributed by atoms with E-state index < -0.39 is 6.04 Å². The van der Waals surface area contributed by atoms with Gasteiger partial charge in [0.15, 0.2) is 0 Å². The van der Waals surface area contributed by atoms with Crippen molar-refractivity contribution in [2.24, 2.45) is 11.7 Å². The van der Waals surface area contributed by atoms with Crippen molar-refractivity contribution in [3.8, 4) is 0 Å². The molecule has 0 aromatic rings. The maximum Gasteiger partial charge on any atom is 0.242 e. The highest BCUT2D eigenvalue weighted by molar-refractivity contribution is 5.88. The number of likely N-dealkylation sites (N-methyl/N-ethyl adjacent to an activating group) is 1. The number of hydrogen-bond acceptors (Lipinski definition) is 3. The lowest BCUT2D eigenvalue weighted by Crippen LogP contribution is -2.45. The number of rotatable bonds is 3. The summed E-state index contributed by atoms with van der Waals surface area (Å²) < 4.78 is 0. The Bertz CT molecular complexity index is 288. The zero-order chi connectivity index (χ0) is 11.4. The Kier molecular flexibility index (Phi) is 3.85. The molecular weight excluding hydrogens is 194 g/mol. The second-order valence-electron chi connectivity index (χ2n) is 3.74. The van der Waals surface area contributed by atoms with Gasteiger partial charge in [0, 0.05) is 13.1 Å². The summed E-state index contributed by atoms with van der Waals surface area (Å²) in [7, 11) is 1.54. The van der Waals surface area contributed by atoms with Gasteiger partial charge in [0.25, 0.3) is 0 Å². The van der Waals surface area contributed by atoms with Gasteiger partial charge in [-0.15, -0.1) is 0 Å². The average molecular weight is 211 g/mol. The summed E-state index contributed by atoms with van der Waals surface area (Å²) in [5.74, 6) is -0.544. The molecule has 0 radical (unpaired) electrons. The molecule has 1 aliphatic rings. The molecule has 4 N–H and O–H groups in total. The maximum absolute atomic E-state index is 11.6. The molecule has 0 fully saturated rings. The summed E-state index contributed by atoms with van der Waals surface area (Å²) in [4.78, 5) is 22.8. The molecule has 0 saturated carbocycles. The van der Waals surface area contributed by atoms with Crippen molar-refractivity contribution in [1.29, 1.82) is 0 Å². The highest BCUT2D eigenvalue weighted by Crippen LogP contribution is 2.16. The van der Waals surface area contributed by atoms with E-state index in [1.807, 2.05) is 6.08 Å². The Morgan fingerprint density at radius 2 is 2.13 bits per heavy atom. The van der Waals surface area contributed by atoms with Gasteiger partial charge in [-0.25, -0.2) is 0 Å². The van der Waals surface area contributed by atoms with Gasteiger partial charge in [-0.1, -0.05) is 12.2 Å². The molecule has 2 amide bonds. The van der Waals surface area contributed by atoms with Crippen LogP contribution in [0.5, 0.6) is 0 Å². The minimum absolute atomic E-state index is 0.0453. The quantitative estimate of drug-likeness (QED) is 0.531. The number of carbonyl (C=O) groups excluding carboxylic acids is 2. The van der Waals surface area contributed by atoms with E-state index in [1.54, 1.807) is 13.0 Å². The summed E-state index contributed by atoms with van der Waals surface area (Å²) in [6.45, 7) is 1.65. The van der Waals surface area contributed by atoms with Crippen LogP contribution in [0.25, 0.3) is 0 Å². The summed E-state index contributed by atoms with van der Waals surface area (Å²) in [6, 6.07) is -0.552. The highest BCUT2D eigenvalue weighted by atomic mass is 16.2. The fraction of sp³-hybridized carbons (Fsp3) is 0.600. The topological polar surface area (TPSA) is 84.2 Å². The number of nitrogens with two attached hydrogens (primary N) is 1. The van der Waals surface area contributed by atoms with Crippen molar-refractivity contribution in [3.05, 3.63) is 12.2 Å². The van der Waals surface area contributed by atoms with Gasteiger partial charge in [0.1, 0.15) is 6.04 Å². The van der Waals surface area contributed by atoms with Crippen molar-refractivity contribution in [1.82, 2.24) is 10.6 Å². The smallest absolute Gasteiger partial charge is 0.242 e. The molecule has 0 aliphatic heterocycles. The first kappa shape index (κ1) is 11.7. The van der Waals surface area contributed by atoms with Crippen molar-refractivity contribution < 1.29 is 9.59 Å². The van der Waals surface area contributed by atoms with Gasteiger partial charge >= 0.3 is 0 Å². The standard InChI is InChI=1S/C10H17N3O2/c1-6(9(14)12-2)13-10(15)7-3-4-8(11)5-7/h3-4,6-8H,5,11H2,1-2H3,(H,12,14)(H,13,15). The summed E-state index contributed by atoms with van der Waals surface area (Å²) in [5, 5.41) is 5.11. The first-order chi connectivity index (χ1) is 7.04. The highest BCUT2D eigenvalue weighted by Gasteiger charge is 2.24. The van der Waals surface area contributed by atoms with Crippen LogP contribution in [-0.4, -0.2) is 30.9 Å². The molecule has 5 heteroatoms. The van der Waals surface area contributed by atoms with Crippen molar-refractivity contribution in [2.75, 3.05) is 7.05 Å². The van der Waals surface area contributed by atoms with E-state index >= 15 is 0 Å². The molecular formula is C10H17N3O2. The van der Waals surface area contributed by atoms with Crippen molar-refractivity contribution in [2.45, 2.75) is 25.4 Å². The zero-order valence-electron chi connectivity index (χ0n) is 8.99. The fourth-order valence-corrected chi connectivity index (χ4v) is 1.52. The van der Waals surface area contributed by atoms with E-state index in [2.05, 4.69) is 10.6 Å². The Balaban J connectivity index is 2.42. The molecule has 5 nitrogen and oxygen atoms in total. The Morgan fingerprint density at radius 3 is 2.60 bits per heavy atom. The van der Waals surface area contributed by atoms with Gasteiger partial charge in [-0.3, -0.25) is 9.59 Å². The molecule has 3 unspecified atom stereocenters. The Morgan fingerprint density at radius 1 is 1.47 bits per heavy atom. The minimum atomic E-state index is -0.507. The van der Waals surface area contributed by atoms with Crippen LogP contribution in [0.2, 0.25) is 0 Å². The van der Waals surface area contributed by atoms with Crippen LogP contribution in [0.3, 0.4) is 0 Å². The lowest BCUT2D eigenvalue weighted by molar-refractivity contribution is -0.129. The second-order valence-corrected chi connectivity index (χ2v) is 3.74. The summed E-state index contributed by atoms with van der Waals surface area (Å²) >= 11 is 0. The van der Waals surface area contributed by atoms with Crippen LogP contribution in [0, 0.1) is 5.92 Å². The van der Waals surface area contributed by atoms with Gasteiger partial charge in [0.05, 0.1) is 5.92 Å². The summed E-state index contributed by atoms with van der Waals surface area (Å²) in [6.07, 6.45) is 4.22. The lowest BCUT2D eigenvalue weighted by atomic mass is 10.1. The number of amides is 2. The van der Waals surface area contributed by atoms with Crippen LogP contribution >= 0.6 is 0 Å². The van der Waals surface area contributed by atoms with Gasteiger partial charge < -0.3 is 16.4 Å². The average Bonchev–Trinajstić information content (AvgIpc) is 2.63. The van der Waals surface area contributed by atoms with E-state index in [0.29, 0.717) is 6.42 Å². The number of hydrogen-bond donors (Lipinski definition) is 3. The number of nitrogens with one attached hydrogen (secondary N) is 2. The molecule has 84 valence electrons. The van der Waals surface area contributed by atoms with E-state index in [4.69, 9.17) is 5.73 Å². The normalized spacial score (nSPS) is 26.1. The molecule has 0 aromatic heterocycles. The van der Waals surface area contributed by atoms with Crippen LogP contribution < -0.4 is 16.4 Å².